The SMILES string of the molecule is Nc1ccc(Oc2ccc(NI)cc2)cc1. The van der Waals surface area contributed by atoms with Crippen molar-refractivity contribution in [2.75, 3.05) is 9.26 Å². The van der Waals surface area contributed by atoms with Crippen LogP contribution in [0.1, 0.15) is 0 Å². The zero-order valence-corrected chi connectivity index (χ0v) is 10.6. The predicted octanol–water partition coefficient (Wildman–Crippen LogP) is 3.82. The Hall–Kier alpha value is -1.43. The molecule has 0 saturated carbocycles. The van der Waals surface area contributed by atoms with E-state index in [-0.39, 0.29) is 0 Å². The molecule has 0 spiro atoms. The van der Waals surface area contributed by atoms with E-state index < -0.39 is 0 Å². The first kappa shape index (κ1) is 11.1. The van der Waals surface area contributed by atoms with Gasteiger partial charge in [0.15, 0.2) is 0 Å². The van der Waals surface area contributed by atoms with E-state index in [1.165, 1.54) is 0 Å². The van der Waals surface area contributed by atoms with Crippen molar-refractivity contribution in [1.82, 2.24) is 0 Å². The maximum absolute atomic E-state index is 5.65. The number of rotatable bonds is 3. The molecule has 4 heteroatoms. The molecule has 0 heterocycles. The van der Waals surface area contributed by atoms with Gasteiger partial charge < -0.3 is 14.0 Å². The summed E-state index contributed by atoms with van der Waals surface area (Å²) in [4.78, 5) is 0. The average molecular weight is 326 g/mol. The number of hydrogen-bond acceptors (Lipinski definition) is 3. The highest BCUT2D eigenvalue weighted by molar-refractivity contribution is 14.1. The molecule has 0 aromatic heterocycles. The molecule has 2 aromatic carbocycles. The zero-order valence-electron chi connectivity index (χ0n) is 8.48. The Labute approximate surface area is 108 Å². The number of halogens is 1. The minimum Gasteiger partial charge on any atom is -0.457 e. The summed E-state index contributed by atoms with van der Waals surface area (Å²) in [6.07, 6.45) is 0. The maximum Gasteiger partial charge on any atom is 0.127 e. The van der Waals surface area contributed by atoms with Gasteiger partial charge in [-0.3, -0.25) is 0 Å². The fraction of sp³-hybridized carbons (Fsp3) is 0. The normalized spacial score (nSPS) is 9.81. The minimum atomic E-state index is 0.733. The number of benzene rings is 2. The number of nitrogens with two attached hydrogens (primary N) is 1. The first-order valence-corrected chi connectivity index (χ1v) is 5.86. The third kappa shape index (κ3) is 2.79. The smallest absolute Gasteiger partial charge is 0.127 e. The molecule has 2 aromatic rings. The second-order valence-electron chi connectivity index (χ2n) is 3.29. The number of ether oxygens (including phenoxy) is 1. The van der Waals surface area contributed by atoms with E-state index in [9.17, 15) is 0 Å². The molecule has 3 N–H and O–H groups in total. The summed E-state index contributed by atoms with van der Waals surface area (Å²) in [6, 6.07) is 15.1. The second kappa shape index (κ2) is 5.07. The van der Waals surface area contributed by atoms with Crippen molar-refractivity contribution in [3.05, 3.63) is 48.5 Å². The molecule has 0 bridgehead atoms. The van der Waals surface area contributed by atoms with Crippen LogP contribution in [0.5, 0.6) is 11.5 Å². The Balaban J connectivity index is 2.11. The monoisotopic (exact) mass is 326 g/mol. The first-order valence-electron chi connectivity index (χ1n) is 4.78. The molecule has 0 atom stereocenters. The second-order valence-corrected chi connectivity index (χ2v) is 3.83. The van der Waals surface area contributed by atoms with Crippen molar-refractivity contribution < 1.29 is 4.74 Å². The van der Waals surface area contributed by atoms with Crippen molar-refractivity contribution in [2.45, 2.75) is 0 Å². The van der Waals surface area contributed by atoms with Crippen LogP contribution >= 0.6 is 22.9 Å². The molecule has 0 aliphatic rings. The van der Waals surface area contributed by atoms with E-state index in [4.69, 9.17) is 10.5 Å². The highest BCUT2D eigenvalue weighted by Crippen LogP contribution is 2.23. The average Bonchev–Trinajstić information content (AvgIpc) is 2.33. The fourth-order valence-electron chi connectivity index (χ4n) is 1.26. The standard InChI is InChI=1S/C12H11IN2O/c13-15-10-3-7-12(8-4-10)16-11-5-1-9(14)2-6-11/h1-8,15H,14H2. The molecule has 0 radical (unpaired) electrons. The molecule has 16 heavy (non-hydrogen) atoms. The minimum absolute atomic E-state index is 0.733. The van der Waals surface area contributed by atoms with Gasteiger partial charge in [-0.1, -0.05) is 0 Å². The third-order valence-corrected chi connectivity index (χ3v) is 2.70. The summed E-state index contributed by atoms with van der Waals surface area (Å²) in [6.45, 7) is 0. The maximum atomic E-state index is 5.65. The van der Waals surface area contributed by atoms with Gasteiger partial charge in [0.2, 0.25) is 0 Å². The molecular weight excluding hydrogens is 315 g/mol. The summed E-state index contributed by atoms with van der Waals surface area (Å²) in [5, 5.41) is 0. The van der Waals surface area contributed by atoms with Crippen molar-refractivity contribution >= 4 is 34.2 Å². The van der Waals surface area contributed by atoms with Crippen LogP contribution in [0.2, 0.25) is 0 Å². The molecule has 0 aliphatic heterocycles. The van der Waals surface area contributed by atoms with E-state index in [0.717, 1.165) is 22.9 Å². The molecule has 2 rings (SSSR count). The number of anilines is 2. The van der Waals surface area contributed by atoms with Crippen LogP contribution in [-0.2, 0) is 0 Å². The quantitative estimate of drug-likeness (QED) is 0.512. The molecule has 0 aliphatic carbocycles. The van der Waals surface area contributed by atoms with E-state index in [1.54, 1.807) is 0 Å². The Bertz CT molecular complexity index is 453. The van der Waals surface area contributed by atoms with Gasteiger partial charge in [0.05, 0.1) is 22.9 Å². The molecule has 0 fully saturated rings. The van der Waals surface area contributed by atoms with E-state index in [0.29, 0.717) is 0 Å². The van der Waals surface area contributed by atoms with Crippen molar-refractivity contribution in [1.29, 1.82) is 0 Å². The van der Waals surface area contributed by atoms with E-state index in [1.807, 2.05) is 48.5 Å². The van der Waals surface area contributed by atoms with Crippen LogP contribution in [0.25, 0.3) is 0 Å². The van der Waals surface area contributed by atoms with Gasteiger partial charge in [-0.05, 0) is 48.5 Å². The molecular formula is C12H11IN2O. The molecule has 0 amide bonds. The number of hydrogen-bond donors (Lipinski definition) is 2. The van der Waals surface area contributed by atoms with Gasteiger partial charge in [-0.2, -0.15) is 0 Å². The van der Waals surface area contributed by atoms with Gasteiger partial charge in [0.25, 0.3) is 0 Å². The summed E-state index contributed by atoms with van der Waals surface area (Å²) < 4.78 is 8.67. The summed E-state index contributed by atoms with van der Waals surface area (Å²) in [5.74, 6) is 1.59. The Morgan fingerprint density at radius 1 is 0.875 bits per heavy atom. The van der Waals surface area contributed by atoms with Gasteiger partial charge in [0, 0.05) is 11.4 Å². The lowest BCUT2D eigenvalue weighted by Gasteiger charge is -2.06. The first-order chi connectivity index (χ1) is 7.78. The fourth-order valence-corrected chi connectivity index (χ4v) is 1.62. The zero-order chi connectivity index (χ0) is 11.4. The predicted molar refractivity (Wildman–Crippen MR) is 75.0 cm³/mol. The number of nitrogens with one attached hydrogen (secondary N) is 1. The summed E-state index contributed by atoms with van der Waals surface area (Å²) >= 11 is 2.09. The third-order valence-electron chi connectivity index (χ3n) is 2.08. The van der Waals surface area contributed by atoms with Gasteiger partial charge in [-0.15, -0.1) is 0 Å². The highest BCUT2D eigenvalue weighted by atomic mass is 127. The van der Waals surface area contributed by atoms with Gasteiger partial charge in [-0.25, -0.2) is 0 Å². The van der Waals surface area contributed by atoms with Crippen LogP contribution in [0.4, 0.5) is 11.4 Å². The lowest BCUT2D eigenvalue weighted by molar-refractivity contribution is 0.483. The lowest BCUT2D eigenvalue weighted by atomic mass is 10.3. The van der Waals surface area contributed by atoms with Gasteiger partial charge in [0.1, 0.15) is 11.5 Å². The molecule has 0 saturated heterocycles. The topological polar surface area (TPSA) is 47.3 Å². The number of nitrogen functional groups attached to an aromatic ring is 1. The summed E-state index contributed by atoms with van der Waals surface area (Å²) in [7, 11) is 0. The molecule has 0 unspecified atom stereocenters. The largest absolute Gasteiger partial charge is 0.457 e. The molecule has 3 nitrogen and oxygen atoms in total. The van der Waals surface area contributed by atoms with Crippen LogP contribution in [0.15, 0.2) is 48.5 Å². The van der Waals surface area contributed by atoms with Gasteiger partial charge >= 0.3 is 0 Å². The molecule has 82 valence electrons. The lowest BCUT2D eigenvalue weighted by Crippen LogP contribution is -1.87. The van der Waals surface area contributed by atoms with E-state index in [2.05, 4.69) is 26.4 Å². The Morgan fingerprint density at radius 3 is 1.88 bits per heavy atom. The Morgan fingerprint density at radius 2 is 1.38 bits per heavy atom. The van der Waals surface area contributed by atoms with Crippen LogP contribution < -0.4 is 14.0 Å². The Kier molecular flexibility index (Phi) is 3.51. The van der Waals surface area contributed by atoms with Crippen LogP contribution in [0, 0.1) is 0 Å². The van der Waals surface area contributed by atoms with E-state index >= 15 is 0 Å². The van der Waals surface area contributed by atoms with Crippen molar-refractivity contribution in [3.8, 4) is 11.5 Å². The van der Waals surface area contributed by atoms with Crippen LogP contribution in [0.3, 0.4) is 0 Å². The van der Waals surface area contributed by atoms with Crippen molar-refractivity contribution in [2.24, 2.45) is 0 Å². The summed E-state index contributed by atoms with van der Waals surface area (Å²) in [5.41, 5.74) is 7.37. The highest BCUT2D eigenvalue weighted by Gasteiger charge is 1.97. The van der Waals surface area contributed by atoms with Crippen molar-refractivity contribution in [3.63, 3.8) is 0 Å². The van der Waals surface area contributed by atoms with Crippen LogP contribution in [-0.4, -0.2) is 0 Å².